The molecular formula is C15H23NO2S. The van der Waals surface area contributed by atoms with Gasteiger partial charge in [0.05, 0.1) is 11.5 Å². The minimum Gasteiger partial charge on any atom is -0.392 e. The smallest absolute Gasteiger partial charge is 0.230 e. The minimum atomic E-state index is -0.469. The number of benzene rings is 1. The minimum absolute atomic E-state index is 0.00370. The monoisotopic (exact) mass is 281 g/mol. The van der Waals surface area contributed by atoms with Crippen LogP contribution in [0.4, 0.5) is 5.69 Å². The molecule has 2 unspecified atom stereocenters. The first-order valence-corrected chi connectivity index (χ1v) is 7.54. The molecule has 0 radical (unpaired) electrons. The maximum atomic E-state index is 12.2. The van der Waals surface area contributed by atoms with Crippen molar-refractivity contribution in [2.24, 2.45) is 5.41 Å². The van der Waals surface area contributed by atoms with Crippen LogP contribution in [0.5, 0.6) is 0 Å². The van der Waals surface area contributed by atoms with Crippen LogP contribution < -0.4 is 5.32 Å². The summed E-state index contributed by atoms with van der Waals surface area (Å²) in [5.41, 5.74) is 0.345. The highest BCUT2D eigenvalue weighted by Crippen LogP contribution is 2.27. The predicted octanol–water partition coefficient (Wildman–Crippen LogP) is 3.15. The second kappa shape index (κ2) is 6.96. The van der Waals surface area contributed by atoms with Crippen LogP contribution >= 0.6 is 11.8 Å². The van der Waals surface area contributed by atoms with Crippen molar-refractivity contribution in [2.75, 3.05) is 11.1 Å². The van der Waals surface area contributed by atoms with Gasteiger partial charge in [-0.05, 0) is 19.1 Å². The Morgan fingerprint density at radius 2 is 1.89 bits per heavy atom. The average molecular weight is 281 g/mol. The summed E-state index contributed by atoms with van der Waals surface area (Å²) >= 11 is 1.62. The van der Waals surface area contributed by atoms with Gasteiger partial charge in [-0.15, -0.1) is 0 Å². The molecule has 106 valence electrons. The molecule has 0 heterocycles. The van der Waals surface area contributed by atoms with Gasteiger partial charge in [0.1, 0.15) is 0 Å². The van der Waals surface area contributed by atoms with Gasteiger partial charge >= 0.3 is 0 Å². The zero-order valence-corrected chi connectivity index (χ0v) is 12.8. The zero-order chi connectivity index (χ0) is 14.5. The lowest BCUT2D eigenvalue weighted by Gasteiger charge is -2.25. The topological polar surface area (TPSA) is 49.3 Å². The largest absolute Gasteiger partial charge is 0.392 e. The summed E-state index contributed by atoms with van der Waals surface area (Å²) in [6.07, 6.45) is -0.363. The second-order valence-electron chi connectivity index (χ2n) is 5.46. The summed E-state index contributed by atoms with van der Waals surface area (Å²) in [6, 6.07) is 9.46. The first-order chi connectivity index (χ1) is 8.83. The van der Waals surface area contributed by atoms with Crippen LogP contribution in [0, 0.1) is 5.41 Å². The van der Waals surface area contributed by atoms with Crippen molar-refractivity contribution >= 4 is 23.4 Å². The van der Waals surface area contributed by atoms with Gasteiger partial charge in [0.2, 0.25) is 5.91 Å². The lowest BCUT2D eigenvalue weighted by molar-refractivity contribution is -0.122. The van der Waals surface area contributed by atoms with Gasteiger partial charge in [-0.3, -0.25) is 4.79 Å². The fraction of sp³-hybridized carbons (Fsp3) is 0.533. The third kappa shape index (κ3) is 5.25. The number of aliphatic hydroxyl groups excluding tert-OH is 1. The Bertz CT molecular complexity index is 404. The standard InChI is InChI=1S/C15H23NO2S/c1-11(17)12(2)19-10-15(3,4)14(18)16-13-8-6-5-7-9-13/h5-9,11-12,17H,10H2,1-4H3,(H,16,18). The molecule has 1 rings (SSSR count). The fourth-order valence-electron chi connectivity index (χ4n) is 1.37. The number of para-hydroxylation sites is 1. The zero-order valence-electron chi connectivity index (χ0n) is 12.0. The van der Waals surface area contributed by atoms with Crippen LogP contribution in [-0.2, 0) is 4.79 Å². The van der Waals surface area contributed by atoms with Gasteiger partial charge in [-0.2, -0.15) is 11.8 Å². The Hall–Kier alpha value is -1.00. The number of thioether (sulfide) groups is 1. The van der Waals surface area contributed by atoms with E-state index in [9.17, 15) is 9.90 Å². The molecule has 2 N–H and O–H groups in total. The van der Waals surface area contributed by atoms with E-state index < -0.39 is 5.41 Å². The Labute approximate surface area is 119 Å². The fourth-order valence-corrected chi connectivity index (χ4v) is 2.46. The van der Waals surface area contributed by atoms with Crippen LogP contribution in [-0.4, -0.2) is 28.1 Å². The molecule has 3 nitrogen and oxygen atoms in total. The predicted molar refractivity (Wildman–Crippen MR) is 82.5 cm³/mol. The van der Waals surface area contributed by atoms with Gasteiger partial charge < -0.3 is 10.4 Å². The van der Waals surface area contributed by atoms with Crippen molar-refractivity contribution in [1.82, 2.24) is 0 Å². The quantitative estimate of drug-likeness (QED) is 0.842. The summed E-state index contributed by atoms with van der Waals surface area (Å²) < 4.78 is 0. The third-order valence-corrected chi connectivity index (χ3v) is 4.84. The molecule has 0 spiro atoms. The molecule has 0 aliphatic carbocycles. The Morgan fingerprint density at radius 3 is 2.42 bits per heavy atom. The molecule has 0 saturated carbocycles. The number of aliphatic hydroxyl groups is 1. The number of nitrogens with one attached hydrogen (secondary N) is 1. The van der Waals surface area contributed by atoms with Gasteiger partial charge in [0.15, 0.2) is 0 Å². The summed E-state index contributed by atoms with van der Waals surface area (Å²) in [5, 5.41) is 12.5. The van der Waals surface area contributed by atoms with E-state index in [4.69, 9.17) is 0 Å². The first-order valence-electron chi connectivity index (χ1n) is 6.49. The highest BCUT2D eigenvalue weighted by Gasteiger charge is 2.29. The van der Waals surface area contributed by atoms with Crippen molar-refractivity contribution in [3.8, 4) is 0 Å². The van der Waals surface area contributed by atoms with E-state index in [1.165, 1.54) is 0 Å². The number of carbonyl (C=O) groups excluding carboxylic acids is 1. The van der Waals surface area contributed by atoms with Crippen LogP contribution in [0.1, 0.15) is 27.7 Å². The van der Waals surface area contributed by atoms with Crippen LogP contribution in [0.3, 0.4) is 0 Å². The summed E-state index contributed by atoms with van der Waals surface area (Å²) in [7, 11) is 0. The molecule has 4 heteroatoms. The molecule has 1 amide bonds. The lowest BCUT2D eigenvalue weighted by atomic mass is 9.95. The summed E-state index contributed by atoms with van der Waals surface area (Å²) in [5.74, 6) is 0.682. The lowest BCUT2D eigenvalue weighted by Crippen LogP contribution is -2.34. The highest BCUT2D eigenvalue weighted by molar-refractivity contribution is 8.00. The molecule has 1 aromatic carbocycles. The van der Waals surface area contributed by atoms with E-state index in [1.807, 2.05) is 51.1 Å². The number of anilines is 1. The second-order valence-corrected chi connectivity index (χ2v) is 6.83. The van der Waals surface area contributed by atoms with Crippen LogP contribution in [0.2, 0.25) is 0 Å². The van der Waals surface area contributed by atoms with E-state index in [0.717, 1.165) is 5.69 Å². The molecule has 0 aliphatic heterocycles. The highest BCUT2D eigenvalue weighted by atomic mass is 32.2. The maximum Gasteiger partial charge on any atom is 0.230 e. The van der Waals surface area contributed by atoms with Crippen LogP contribution in [0.25, 0.3) is 0 Å². The third-order valence-electron chi connectivity index (χ3n) is 3.03. The van der Waals surface area contributed by atoms with Crippen LogP contribution in [0.15, 0.2) is 30.3 Å². The molecule has 0 saturated heterocycles. The van der Waals surface area contributed by atoms with E-state index in [-0.39, 0.29) is 17.3 Å². The van der Waals surface area contributed by atoms with Crippen molar-refractivity contribution in [3.05, 3.63) is 30.3 Å². The Balaban J connectivity index is 2.54. The summed E-state index contributed by atoms with van der Waals surface area (Å²) in [6.45, 7) is 7.59. The molecule has 0 fully saturated rings. The van der Waals surface area contributed by atoms with E-state index in [0.29, 0.717) is 5.75 Å². The Morgan fingerprint density at radius 1 is 1.32 bits per heavy atom. The van der Waals surface area contributed by atoms with Gasteiger partial charge in [0.25, 0.3) is 0 Å². The van der Waals surface area contributed by atoms with Gasteiger partial charge in [0, 0.05) is 16.7 Å². The van der Waals surface area contributed by atoms with Gasteiger partial charge in [-0.1, -0.05) is 39.0 Å². The van der Waals surface area contributed by atoms with Gasteiger partial charge in [-0.25, -0.2) is 0 Å². The average Bonchev–Trinajstić information content (AvgIpc) is 2.37. The van der Waals surface area contributed by atoms with E-state index in [2.05, 4.69) is 5.32 Å². The molecule has 0 aromatic heterocycles. The van der Waals surface area contributed by atoms with Crippen molar-refractivity contribution in [1.29, 1.82) is 0 Å². The number of carbonyl (C=O) groups is 1. The summed E-state index contributed by atoms with van der Waals surface area (Å²) in [4.78, 5) is 12.2. The van der Waals surface area contributed by atoms with Crippen molar-refractivity contribution in [2.45, 2.75) is 39.0 Å². The van der Waals surface area contributed by atoms with Crippen molar-refractivity contribution < 1.29 is 9.90 Å². The molecule has 19 heavy (non-hydrogen) atoms. The molecular weight excluding hydrogens is 258 g/mol. The SMILES string of the molecule is CC(O)C(C)SCC(C)(C)C(=O)Nc1ccccc1. The normalized spacial score (nSPS) is 14.8. The van der Waals surface area contributed by atoms with Crippen molar-refractivity contribution in [3.63, 3.8) is 0 Å². The number of amides is 1. The first kappa shape index (κ1) is 16.1. The van der Waals surface area contributed by atoms with E-state index >= 15 is 0 Å². The molecule has 1 aromatic rings. The molecule has 0 bridgehead atoms. The number of hydrogen-bond acceptors (Lipinski definition) is 3. The van der Waals surface area contributed by atoms with E-state index in [1.54, 1.807) is 18.7 Å². The molecule has 0 aliphatic rings. The Kier molecular flexibility index (Phi) is 5.88. The number of hydrogen-bond donors (Lipinski definition) is 2. The maximum absolute atomic E-state index is 12.2. The number of rotatable bonds is 6. The molecule has 2 atom stereocenters.